The number of nitrogens with zero attached hydrogens (tertiary/aromatic N) is 1. The number of nitrogens with one attached hydrogen (secondary N) is 1. The molecule has 3 atom stereocenters. The van der Waals surface area contributed by atoms with Gasteiger partial charge in [0.15, 0.2) is 6.10 Å². The lowest BCUT2D eigenvalue weighted by atomic mass is 9.91. The molecule has 31 heavy (non-hydrogen) atoms. The minimum atomic E-state index is -0.523. The van der Waals surface area contributed by atoms with Gasteiger partial charge in [0.2, 0.25) is 0 Å². The van der Waals surface area contributed by atoms with Crippen molar-refractivity contribution in [2.75, 3.05) is 18.0 Å². The van der Waals surface area contributed by atoms with E-state index in [2.05, 4.69) is 47.5 Å². The zero-order valence-electron chi connectivity index (χ0n) is 19.2. The molecule has 1 aliphatic carbocycles. The second-order valence-electron chi connectivity index (χ2n) is 9.38. The van der Waals surface area contributed by atoms with Gasteiger partial charge in [0.25, 0.3) is 5.91 Å². The molecule has 0 radical (unpaired) electrons. The average molecular weight is 421 g/mol. The van der Waals surface area contributed by atoms with Crippen molar-refractivity contribution in [1.82, 2.24) is 5.32 Å². The molecule has 1 heterocycles. The minimum absolute atomic E-state index is 0.0578. The van der Waals surface area contributed by atoms with E-state index in [-0.39, 0.29) is 11.9 Å². The Bertz CT molecular complexity index is 893. The molecule has 0 bridgehead atoms. The lowest BCUT2D eigenvalue weighted by Gasteiger charge is -2.33. The first-order valence-electron chi connectivity index (χ1n) is 11.9. The number of benzene rings is 2. The highest BCUT2D eigenvalue weighted by atomic mass is 16.5. The van der Waals surface area contributed by atoms with Crippen molar-refractivity contribution in [2.45, 2.75) is 71.4 Å². The average Bonchev–Trinajstić information content (AvgIpc) is 2.79. The summed E-state index contributed by atoms with van der Waals surface area (Å²) < 4.78 is 6.10. The molecule has 0 aromatic heterocycles. The number of carbonyl (C=O) groups excluding carboxylic acids is 1. The molecule has 4 heteroatoms. The van der Waals surface area contributed by atoms with E-state index in [0.29, 0.717) is 0 Å². The maximum atomic E-state index is 12.8. The van der Waals surface area contributed by atoms with Gasteiger partial charge in [-0.2, -0.15) is 0 Å². The zero-order chi connectivity index (χ0) is 21.8. The Morgan fingerprint density at radius 2 is 1.84 bits per heavy atom. The molecule has 1 aliphatic heterocycles. The molecule has 0 saturated carbocycles. The van der Waals surface area contributed by atoms with Gasteiger partial charge >= 0.3 is 0 Å². The summed E-state index contributed by atoms with van der Waals surface area (Å²) in [7, 11) is 0. The van der Waals surface area contributed by atoms with Crippen LogP contribution in [0.15, 0.2) is 42.5 Å². The van der Waals surface area contributed by atoms with Crippen LogP contribution in [-0.2, 0) is 17.6 Å². The van der Waals surface area contributed by atoms with Gasteiger partial charge in [0.05, 0.1) is 6.04 Å². The Labute approximate surface area is 187 Å². The maximum absolute atomic E-state index is 12.8. The molecule has 2 aliphatic rings. The van der Waals surface area contributed by atoms with E-state index in [0.717, 1.165) is 43.2 Å². The maximum Gasteiger partial charge on any atom is 0.261 e. The Morgan fingerprint density at radius 1 is 1.06 bits per heavy atom. The van der Waals surface area contributed by atoms with Gasteiger partial charge in [-0.05, 0) is 93.2 Å². The predicted octanol–water partition coefficient (Wildman–Crippen LogP) is 5.45. The van der Waals surface area contributed by atoms with Gasteiger partial charge in [-0.15, -0.1) is 0 Å². The van der Waals surface area contributed by atoms with E-state index in [4.69, 9.17) is 4.74 Å². The molecule has 1 fully saturated rings. The number of anilines is 1. The normalized spacial score (nSPS) is 20.5. The van der Waals surface area contributed by atoms with Crippen molar-refractivity contribution in [2.24, 2.45) is 5.92 Å². The van der Waals surface area contributed by atoms with Crippen LogP contribution in [0.3, 0.4) is 0 Å². The van der Waals surface area contributed by atoms with Gasteiger partial charge in [-0.25, -0.2) is 0 Å². The Hall–Kier alpha value is -2.49. The van der Waals surface area contributed by atoms with Crippen LogP contribution < -0.4 is 15.0 Å². The summed E-state index contributed by atoms with van der Waals surface area (Å²) in [5.41, 5.74) is 5.04. The van der Waals surface area contributed by atoms with Gasteiger partial charge in [0, 0.05) is 18.8 Å². The van der Waals surface area contributed by atoms with E-state index in [1.54, 1.807) is 0 Å². The first-order chi connectivity index (χ1) is 15.0. The van der Waals surface area contributed by atoms with Gasteiger partial charge < -0.3 is 15.0 Å². The van der Waals surface area contributed by atoms with Crippen LogP contribution in [0.4, 0.5) is 5.69 Å². The highest BCUT2D eigenvalue weighted by molar-refractivity contribution is 5.81. The lowest BCUT2D eigenvalue weighted by molar-refractivity contribution is -0.127. The fraction of sp³-hybridized carbons (Fsp3) is 0.519. The van der Waals surface area contributed by atoms with Crippen LogP contribution in [0.5, 0.6) is 5.75 Å². The zero-order valence-corrected chi connectivity index (χ0v) is 19.2. The minimum Gasteiger partial charge on any atom is -0.481 e. The second-order valence-corrected chi connectivity index (χ2v) is 9.38. The van der Waals surface area contributed by atoms with Gasteiger partial charge in [-0.1, -0.05) is 31.2 Å². The third-order valence-corrected chi connectivity index (χ3v) is 6.80. The van der Waals surface area contributed by atoms with E-state index in [9.17, 15) is 4.79 Å². The molecule has 4 rings (SSSR count). The quantitative estimate of drug-likeness (QED) is 0.676. The van der Waals surface area contributed by atoms with Crippen LogP contribution in [0.25, 0.3) is 0 Å². The number of hydrogen-bond acceptors (Lipinski definition) is 3. The largest absolute Gasteiger partial charge is 0.481 e. The molecule has 166 valence electrons. The van der Waals surface area contributed by atoms with Crippen molar-refractivity contribution in [3.05, 3.63) is 59.2 Å². The summed E-state index contributed by atoms with van der Waals surface area (Å²) in [5, 5.41) is 3.12. The number of hydrogen-bond donors (Lipinski definition) is 1. The predicted molar refractivity (Wildman–Crippen MR) is 127 cm³/mol. The molecule has 4 nitrogen and oxygen atoms in total. The van der Waals surface area contributed by atoms with E-state index in [1.807, 2.05) is 26.0 Å². The van der Waals surface area contributed by atoms with Gasteiger partial charge in [-0.3, -0.25) is 4.79 Å². The number of ether oxygens (including phenoxy) is 1. The van der Waals surface area contributed by atoms with Crippen molar-refractivity contribution >= 4 is 11.6 Å². The monoisotopic (exact) mass is 420 g/mol. The Morgan fingerprint density at radius 3 is 2.61 bits per heavy atom. The van der Waals surface area contributed by atoms with Crippen molar-refractivity contribution in [3.8, 4) is 5.75 Å². The summed E-state index contributed by atoms with van der Waals surface area (Å²) in [4.78, 5) is 15.3. The van der Waals surface area contributed by atoms with Crippen LogP contribution in [0.2, 0.25) is 0 Å². The van der Waals surface area contributed by atoms with E-state index < -0.39 is 6.10 Å². The summed E-state index contributed by atoms with van der Waals surface area (Å²) in [6.07, 6.45) is 6.64. The summed E-state index contributed by atoms with van der Waals surface area (Å²) >= 11 is 0. The molecule has 2 aromatic rings. The van der Waals surface area contributed by atoms with Crippen LogP contribution >= 0.6 is 0 Å². The SMILES string of the molecule is C[C@@H]1CCCN(c2ccc([C@@H](C)NC(=O)[C@H](C)Oc3cccc4c3CCCC4)cc2)C1. The number of carbonyl (C=O) groups is 1. The number of amides is 1. The number of fused-ring (bicyclic) bond motifs is 1. The highest BCUT2D eigenvalue weighted by Gasteiger charge is 2.21. The first kappa shape index (κ1) is 21.7. The van der Waals surface area contributed by atoms with Crippen LogP contribution in [0.1, 0.15) is 69.2 Å². The van der Waals surface area contributed by atoms with Crippen molar-refractivity contribution < 1.29 is 9.53 Å². The number of piperidine rings is 1. The second kappa shape index (κ2) is 9.76. The van der Waals surface area contributed by atoms with Gasteiger partial charge in [0.1, 0.15) is 5.75 Å². The molecule has 1 saturated heterocycles. The molecular formula is C27H36N2O2. The summed E-state index contributed by atoms with van der Waals surface area (Å²) in [6.45, 7) is 8.46. The van der Waals surface area contributed by atoms with E-state index >= 15 is 0 Å². The Balaban J connectivity index is 1.35. The third kappa shape index (κ3) is 5.23. The molecular weight excluding hydrogens is 384 g/mol. The standard InChI is InChI=1S/C27H36N2O2/c1-19-8-7-17-29(18-19)24-15-13-22(14-16-24)20(2)28-27(30)21(3)31-26-12-6-10-23-9-4-5-11-25(23)26/h6,10,12-16,19-21H,4-5,7-9,11,17-18H2,1-3H3,(H,28,30)/t19-,20-,21+/m1/s1. The first-order valence-corrected chi connectivity index (χ1v) is 11.9. The fourth-order valence-corrected chi connectivity index (χ4v) is 4.91. The third-order valence-electron chi connectivity index (χ3n) is 6.80. The molecule has 1 amide bonds. The van der Waals surface area contributed by atoms with Crippen LogP contribution in [0, 0.1) is 5.92 Å². The number of rotatable bonds is 6. The smallest absolute Gasteiger partial charge is 0.261 e. The number of aryl methyl sites for hydroxylation is 1. The summed E-state index contributed by atoms with van der Waals surface area (Å²) in [5.74, 6) is 1.55. The Kier molecular flexibility index (Phi) is 6.84. The molecule has 0 unspecified atom stereocenters. The van der Waals surface area contributed by atoms with Crippen molar-refractivity contribution in [1.29, 1.82) is 0 Å². The molecule has 1 N–H and O–H groups in total. The fourth-order valence-electron chi connectivity index (χ4n) is 4.91. The lowest BCUT2D eigenvalue weighted by Crippen LogP contribution is -2.38. The van der Waals surface area contributed by atoms with Crippen molar-refractivity contribution in [3.63, 3.8) is 0 Å². The molecule has 2 aromatic carbocycles. The highest BCUT2D eigenvalue weighted by Crippen LogP contribution is 2.30. The van der Waals surface area contributed by atoms with E-state index in [1.165, 1.54) is 42.5 Å². The topological polar surface area (TPSA) is 41.6 Å². The molecule has 0 spiro atoms. The summed E-state index contributed by atoms with van der Waals surface area (Å²) in [6, 6.07) is 14.8. The van der Waals surface area contributed by atoms with Crippen LogP contribution in [-0.4, -0.2) is 25.1 Å².